The highest BCUT2D eigenvalue weighted by molar-refractivity contribution is 6.28. The van der Waals surface area contributed by atoms with Gasteiger partial charge in [0.15, 0.2) is 5.82 Å². The van der Waals surface area contributed by atoms with Crippen LogP contribution in [0.2, 0.25) is 5.28 Å². The quantitative estimate of drug-likeness (QED) is 0.856. The number of aromatic nitrogens is 3. The maximum absolute atomic E-state index is 14.1. The fourth-order valence-electron chi connectivity index (χ4n) is 1.75. The number of rotatable bonds is 3. The normalized spacial score (nSPS) is 10.9. The fourth-order valence-corrected chi connectivity index (χ4v) is 1.97. The van der Waals surface area contributed by atoms with Crippen molar-refractivity contribution in [3.8, 4) is 5.69 Å². The summed E-state index contributed by atoms with van der Waals surface area (Å²) in [6.45, 7) is 3.51. The molecule has 2 aromatic rings. The number of hydrogen-bond acceptors (Lipinski definition) is 2. The van der Waals surface area contributed by atoms with Crippen LogP contribution in [0, 0.1) is 18.6 Å². The highest BCUT2D eigenvalue weighted by atomic mass is 35.5. The van der Waals surface area contributed by atoms with Crippen LogP contribution in [0.25, 0.3) is 5.69 Å². The van der Waals surface area contributed by atoms with E-state index in [0.29, 0.717) is 17.8 Å². The van der Waals surface area contributed by atoms with Crippen LogP contribution in [0.3, 0.4) is 0 Å². The van der Waals surface area contributed by atoms with Crippen LogP contribution in [0.5, 0.6) is 0 Å². The number of hydrogen-bond donors (Lipinski definition) is 0. The molecule has 96 valence electrons. The van der Waals surface area contributed by atoms with E-state index in [0.717, 1.165) is 6.42 Å². The lowest BCUT2D eigenvalue weighted by Gasteiger charge is -2.11. The van der Waals surface area contributed by atoms with Crippen molar-refractivity contribution < 1.29 is 8.78 Å². The third-order valence-corrected chi connectivity index (χ3v) is 2.89. The standard InChI is InChI=1S/C12H12ClF2N3/c1-3-4-9-16-17-12(13)18(9)11-8(14)6-5-7(2)10(11)15/h5-6H,3-4H2,1-2H3. The van der Waals surface area contributed by atoms with Gasteiger partial charge in [-0.15, -0.1) is 10.2 Å². The molecule has 0 fully saturated rings. The van der Waals surface area contributed by atoms with Crippen molar-refractivity contribution in [3.05, 3.63) is 40.4 Å². The Kier molecular flexibility index (Phi) is 3.61. The molecule has 0 aliphatic carbocycles. The monoisotopic (exact) mass is 271 g/mol. The Morgan fingerprint density at radius 2 is 2.00 bits per heavy atom. The topological polar surface area (TPSA) is 30.7 Å². The van der Waals surface area contributed by atoms with Gasteiger partial charge in [0.1, 0.15) is 17.3 Å². The first-order valence-corrected chi connectivity index (χ1v) is 5.98. The first-order valence-electron chi connectivity index (χ1n) is 5.61. The summed E-state index contributed by atoms with van der Waals surface area (Å²) in [5.74, 6) is -0.878. The molecule has 0 atom stereocenters. The smallest absolute Gasteiger partial charge is 0.229 e. The Morgan fingerprint density at radius 3 is 2.67 bits per heavy atom. The van der Waals surface area contributed by atoms with Crippen LogP contribution in [0.15, 0.2) is 12.1 Å². The molecule has 0 saturated carbocycles. The zero-order valence-corrected chi connectivity index (χ0v) is 10.8. The molecule has 6 heteroatoms. The van der Waals surface area contributed by atoms with Crippen molar-refractivity contribution in [2.75, 3.05) is 0 Å². The Labute approximate surface area is 108 Å². The third kappa shape index (κ3) is 2.10. The molecule has 1 heterocycles. The zero-order chi connectivity index (χ0) is 13.3. The summed E-state index contributed by atoms with van der Waals surface area (Å²) in [4.78, 5) is 0. The molecule has 0 aliphatic heterocycles. The average molecular weight is 272 g/mol. The van der Waals surface area contributed by atoms with Gasteiger partial charge < -0.3 is 0 Å². The lowest BCUT2D eigenvalue weighted by molar-refractivity contribution is 0.559. The van der Waals surface area contributed by atoms with Gasteiger partial charge in [0, 0.05) is 6.42 Å². The third-order valence-electron chi connectivity index (χ3n) is 2.65. The first-order chi connectivity index (χ1) is 8.56. The van der Waals surface area contributed by atoms with E-state index in [1.165, 1.54) is 16.7 Å². The summed E-state index contributed by atoms with van der Waals surface area (Å²) in [6.07, 6.45) is 1.33. The molecule has 0 bridgehead atoms. The summed E-state index contributed by atoms with van der Waals surface area (Å²) < 4.78 is 29.1. The van der Waals surface area contributed by atoms with Crippen LogP contribution in [-0.2, 0) is 6.42 Å². The first kappa shape index (κ1) is 13.0. The summed E-state index contributed by atoms with van der Waals surface area (Å²) in [5, 5.41) is 7.47. The summed E-state index contributed by atoms with van der Waals surface area (Å²) in [7, 11) is 0. The average Bonchev–Trinajstić information content (AvgIpc) is 2.68. The molecule has 0 N–H and O–H groups in total. The summed E-state index contributed by atoms with van der Waals surface area (Å²) in [5.41, 5.74) is 0.132. The van der Waals surface area contributed by atoms with E-state index in [2.05, 4.69) is 10.2 Å². The molecular formula is C12H12ClF2N3. The minimum absolute atomic E-state index is 0.0400. The van der Waals surface area contributed by atoms with Crippen molar-refractivity contribution in [2.45, 2.75) is 26.7 Å². The number of halogens is 3. The minimum atomic E-state index is -0.683. The van der Waals surface area contributed by atoms with E-state index in [9.17, 15) is 8.78 Å². The SMILES string of the molecule is CCCc1nnc(Cl)n1-c1c(F)ccc(C)c1F. The lowest BCUT2D eigenvalue weighted by atomic mass is 10.2. The summed E-state index contributed by atoms with van der Waals surface area (Å²) in [6, 6.07) is 2.59. The maximum atomic E-state index is 14.1. The van der Waals surface area contributed by atoms with Gasteiger partial charge in [0.2, 0.25) is 5.28 Å². The van der Waals surface area contributed by atoms with Crippen LogP contribution in [0.1, 0.15) is 24.7 Å². The van der Waals surface area contributed by atoms with E-state index in [4.69, 9.17) is 11.6 Å². The van der Waals surface area contributed by atoms with E-state index >= 15 is 0 Å². The van der Waals surface area contributed by atoms with E-state index in [1.54, 1.807) is 6.92 Å². The van der Waals surface area contributed by atoms with E-state index in [1.807, 2.05) is 6.92 Å². The van der Waals surface area contributed by atoms with E-state index in [-0.39, 0.29) is 11.0 Å². The van der Waals surface area contributed by atoms with E-state index < -0.39 is 11.6 Å². The second-order valence-electron chi connectivity index (χ2n) is 4.00. The van der Waals surface area contributed by atoms with Gasteiger partial charge in [0.25, 0.3) is 0 Å². The van der Waals surface area contributed by atoms with Crippen LogP contribution in [-0.4, -0.2) is 14.8 Å². The van der Waals surface area contributed by atoms with Crippen molar-refractivity contribution in [1.29, 1.82) is 0 Å². The molecular weight excluding hydrogens is 260 g/mol. The van der Waals surface area contributed by atoms with Crippen LogP contribution < -0.4 is 0 Å². The molecule has 0 amide bonds. The van der Waals surface area contributed by atoms with Gasteiger partial charge in [-0.1, -0.05) is 13.0 Å². The van der Waals surface area contributed by atoms with Gasteiger partial charge in [-0.3, -0.25) is 4.57 Å². The molecule has 3 nitrogen and oxygen atoms in total. The number of nitrogens with zero attached hydrogens (tertiary/aromatic N) is 3. The molecule has 0 spiro atoms. The zero-order valence-electron chi connectivity index (χ0n) is 10.0. The van der Waals surface area contributed by atoms with Gasteiger partial charge in [0.05, 0.1) is 0 Å². The van der Waals surface area contributed by atoms with Crippen molar-refractivity contribution in [3.63, 3.8) is 0 Å². The van der Waals surface area contributed by atoms with Crippen LogP contribution >= 0.6 is 11.6 Å². The van der Waals surface area contributed by atoms with Crippen molar-refractivity contribution in [2.24, 2.45) is 0 Å². The number of benzene rings is 1. The molecule has 18 heavy (non-hydrogen) atoms. The Hall–Kier alpha value is -1.49. The van der Waals surface area contributed by atoms with Crippen LogP contribution in [0.4, 0.5) is 8.78 Å². The molecule has 1 aromatic heterocycles. The van der Waals surface area contributed by atoms with Gasteiger partial charge in [-0.25, -0.2) is 8.78 Å². The molecule has 0 saturated heterocycles. The predicted molar refractivity (Wildman–Crippen MR) is 65.0 cm³/mol. The number of aryl methyl sites for hydroxylation is 2. The predicted octanol–water partition coefficient (Wildman–Crippen LogP) is 3.46. The van der Waals surface area contributed by atoms with Crippen molar-refractivity contribution >= 4 is 11.6 Å². The minimum Gasteiger partial charge on any atom is -0.264 e. The Morgan fingerprint density at radius 1 is 1.28 bits per heavy atom. The fraction of sp³-hybridized carbons (Fsp3) is 0.333. The molecule has 0 unspecified atom stereocenters. The van der Waals surface area contributed by atoms with Gasteiger partial charge >= 0.3 is 0 Å². The summed E-state index contributed by atoms with van der Waals surface area (Å²) >= 11 is 5.87. The lowest BCUT2D eigenvalue weighted by Crippen LogP contribution is -2.07. The molecule has 0 aliphatic rings. The highest BCUT2D eigenvalue weighted by Gasteiger charge is 2.20. The maximum Gasteiger partial charge on any atom is 0.229 e. The largest absolute Gasteiger partial charge is 0.264 e. The van der Waals surface area contributed by atoms with Gasteiger partial charge in [-0.05, 0) is 36.6 Å². The Balaban J connectivity index is 2.68. The second-order valence-corrected chi connectivity index (χ2v) is 4.34. The molecule has 1 aromatic carbocycles. The second kappa shape index (κ2) is 5.02. The Bertz CT molecular complexity index is 581. The highest BCUT2D eigenvalue weighted by Crippen LogP contribution is 2.25. The molecule has 0 radical (unpaired) electrons. The van der Waals surface area contributed by atoms with Crippen molar-refractivity contribution in [1.82, 2.24) is 14.8 Å². The van der Waals surface area contributed by atoms with Gasteiger partial charge in [-0.2, -0.15) is 0 Å². The molecule has 2 rings (SSSR count).